The SMILES string of the molecule is CC(C)(NC(=O)c1cc2cccc(Br)c2o1)C(N)=O. The highest BCUT2D eigenvalue weighted by molar-refractivity contribution is 9.10. The molecule has 6 heteroatoms. The van der Waals surface area contributed by atoms with E-state index in [4.69, 9.17) is 10.2 Å². The van der Waals surface area contributed by atoms with Gasteiger partial charge in [0.25, 0.3) is 5.91 Å². The molecule has 3 N–H and O–H groups in total. The Balaban J connectivity index is 2.32. The number of carbonyl (C=O) groups is 2. The van der Waals surface area contributed by atoms with Gasteiger partial charge in [-0.1, -0.05) is 12.1 Å². The van der Waals surface area contributed by atoms with Crippen LogP contribution in [0, 0.1) is 0 Å². The normalized spacial score (nSPS) is 11.5. The highest BCUT2D eigenvalue weighted by Crippen LogP contribution is 2.27. The Morgan fingerprint density at radius 2 is 2.05 bits per heavy atom. The van der Waals surface area contributed by atoms with E-state index in [0.29, 0.717) is 5.58 Å². The molecular weight excluding hydrogens is 312 g/mol. The monoisotopic (exact) mass is 324 g/mol. The van der Waals surface area contributed by atoms with Gasteiger partial charge in [-0.05, 0) is 41.9 Å². The fourth-order valence-corrected chi connectivity index (χ4v) is 2.01. The number of amides is 2. The zero-order chi connectivity index (χ0) is 14.2. The molecule has 1 heterocycles. The summed E-state index contributed by atoms with van der Waals surface area (Å²) in [6.45, 7) is 3.07. The van der Waals surface area contributed by atoms with Crippen LogP contribution in [0.25, 0.3) is 11.0 Å². The van der Waals surface area contributed by atoms with E-state index in [1.807, 2.05) is 18.2 Å². The largest absolute Gasteiger partial charge is 0.450 e. The number of halogens is 1. The highest BCUT2D eigenvalue weighted by atomic mass is 79.9. The van der Waals surface area contributed by atoms with Crippen LogP contribution in [0.15, 0.2) is 33.2 Å². The average Bonchev–Trinajstić information content (AvgIpc) is 2.73. The standard InChI is InChI=1S/C13H13BrN2O3/c1-13(2,12(15)18)16-11(17)9-6-7-4-3-5-8(14)10(7)19-9/h3-6H,1-2H3,(H2,15,18)(H,16,17). The Labute approximate surface area is 118 Å². The molecule has 0 unspecified atom stereocenters. The molecule has 0 radical (unpaired) electrons. The Kier molecular flexibility index (Phi) is 3.36. The number of hydrogen-bond acceptors (Lipinski definition) is 3. The molecule has 2 rings (SSSR count). The van der Waals surface area contributed by atoms with Crippen molar-refractivity contribution in [1.82, 2.24) is 5.32 Å². The number of fused-ring (bicyclic) bond motifs is 1. The van der Waals surface area contributed by atoms with Crippen molar-refractivity contribution < 1.29 is 14.0 Å². The van der Waals surface area contributed by atoms with Crippen molar-refractivity contribution in [2.75, 3.05) is 0 Å². The second kappa shape index (κ2) is 4.70. The van der Waals surface area contributed by atoms with Gasteiger partial charge < -0.3 is 15.5 Å². The zero-order valence-electron chi connectivity index (χ0n) is 10.5. The maximum absolute atomic E-state index is 12.0. The van der Waals surface area contributed by atoms with Gasteiger partial charge in [-0.3, -0.25) is 9.59 Å². The van der Waals surface area contributed by atoms with Crippen molar-refractivity contribution in [2.24, 2.45) is 5.73 Å². The van der Waals surface area contributed by atoms with Gasteiger partial charge in [0.05, 0.1) is 4.47 Å². The van der Waals surface area contributed by atoms with Gasteiger partial charge in [-0.25, -0.2) is 0 Å². The minimum absolute atomic E-state index is 0.135. The number of nitrogens with one attached hydrogen (secondary N) is 1. The van der Waals surface area contributed by atoms with Gasteiger partial charge in [0.2, 0.25) is 5.91 Å². The van der Waals surface area contributed by atoms with Crippen LogP contribution in [-0.2, 0) is 4.79 Å². The van der Waals surface area contributed by atoms with Crippen LogP contribution in [-0.4, -0.2) is 17.4 Å². The van der Waals surface area contributed by atoms with Gasteiger partial charge in [0.1, 0.15) is 11.1 Å². The maximum Gasteiger partial charge on any atom is 0.287 e. The van der Waals surface area contributed by atoms with Gasteiger partial charge in [0, 0.05) is 5.39 Å². The van der Waals surface area contributed by atoms with Crippen LogP contribution in [0.5, 0.6) is 0 Å². The first-order chi connectivity index (χ1) is 8.81. The summed E-state index contributed by atoms with van der Waals surface area (Å²) in [5.41, 5.74) is 4.66. The van der Waals surface area contributed by atoms with E-state index in [-0.39, 0.29) is 5.76 Å². The van der Waals surface area contributed by atoms with E-state index in [1.54, 1.807) is 6.07 Å². The van der Waals surface area contributed by atoms with E-state index in [0.717, 1.165) is 9.86 Å². The average molecular weight is 325 g/mol. The zero-order valence-corrected chi connectivity index (χ0v) is 12.1. The Bertz CT molecular complexity index is 661. The number of hydrogen-bond donors (Lipinski definition) is 2. The molecule has 0 aliphatic heterocycles. The van der Waals surface area contributed by atoms with Crippen LogP contribution >= 0.6 is 15.9 Å². The van der Waals surface area contributed by atoms with Crippen LogP contribution in [0.2, 0.25) is 0 Å². The predicted octanol–water partition coefficient (Wildman–Crippen LogP) is 2.19. The van der Waals surface area contributed by atoms with Gasteiger partial charge >= 0.3 is 0 Å². The fourth-order valence-electron chi connectivity index (χ4n) is 1.55. The summed E-state index contributed by atoms with van der Waals surface area (Å²) in [5.74, 6) is -0.957. The summed E-state index contributed by atoms with van der Waals surface area (Å²) in [6.07, 6.45) is 0. The number of nitrogens with two attached hydrogens (primary N) is 1. The topological polar surface area (TPSA) is 85.3 Å². The lowest BCUT2D eigenvalue weighted by Gasteiger charge is -2.21. The second-order valence-corrected chi connectivity index (χ2v) is 5.57. The minimum Gasteiger partial charge on any atom is -0.450 e. The third-order valence-electron chi connectivity index (χ3n) is 2.76. The molecule has 0 aliphatic carbocycles. The Morgan fingerprint density at radius 3 is 2.63 bits per heavy atom. The third kappa shape index (κ3) is 2.63. The molecule has 2 aromatic rings. The number of furan rings is 1. The van der Waals surface area contributed by atoms with E-state index in [9.17, 15) is 9.59 Å². The molecule has 2 amide bonds. The third-order valence-corrected chi connectivity index (χ3v) is 3.39. The van der Waals surface area contributed by atoms with Crippen molar-refractivity contribution in [1.29, 1.82) is 0 Å². The molecule has 0 aliphatic rings. The predicted molar refractivity (Wildman–Crippen MR) is 74.7 cm³/mol. The number of primary amides is 1. The molecule has 19 heavy (non-hydrogen) atoms. The molecule has 1 aromatic carbocycles. The molecule has 100 valence electrons. The van der Waals surface area contributed by atoms with E-state index in [1.165, 1.54) is 13.8 Å². The summed E-state index contributed by atoms with van der Waals surface area (Å²) in [4.78, 5) is 23.2. The lowest BCUT2D eigenvalue weighted by atomic mass is 10.1. The fraction of sp³-hybridized carbons (Fsp3) is 0.231. The molecule has 1 aromatic heterocycles. The molecular formula is C13H13BrN2O3. The van der Waals surface area contributed by atoms with Gasteiger partial charge in [-0.2, -0.15) is 0 Å². The molecule has 0 fully saturated rings. The van der Waals surface area contributed by atoms with E-state index < -0.39 is 17.4 Å². The molecule has 0 bridgehead atoms. The summed E-state index contributed by atoms with van der Waals surface area (Å²) in [5, 5.41) is 3.33. The number of carbonyl (C=O) groups excluding carboxylic acids is 2. The molecule has 0 saturated heterocycles. The van der Waals surface area contributed by atoms with Crippen molar-refractivity contribution in [3.05, 3.63) is 34.5 Å². The summed E-state index contributed by atoms with van der Waals surface area (Å²) in [7, 11) is 0. The van der Waals surface area contributed by atoms with Crippen molar-refractivity contribution in [3.8, 4) is 0 Å². The first-order valence-corrected chi connectivity index (χ1v) is 6.41. The molecule has 0 spiro atoms. The minimum atomic E-state index is -1.13. The lowest BCUT2D eigenvalue weighted by Crippen LogP contribution is -2.52. The molecule has 0 saturated carbocycles. The van der Waals surface area contributed by atoms with Crippen LogP contribution < -0.4 is 11.1 Å². The summed E-state index contributed by atoms with van der Waals surface area (Å²) in [6, 6.07) is 7.12. The first kappa shape index (κ1) is 13.6. The summed E-state index contributed by atoms with van der Waals surface area (Å²) < 4.78 is 6.24. The smallest absolute Gasteiger partial charge is 0.287 e. The van der Waals surface area contributed by atoms with Gasteiger partial charge in [0.15, 0.2) is 5.76 Å². The molecule has 5 nitrogen and oxygen atoms in total. The first-order valence-electron chi connectivity index (χ1n) is 5.62. The Hall–Kier alpha value is -1.82. The van der Waals surface area contributed by atoms with E-state index >= 15 is 0 Å². The maximum atomic E-state index is 12.0. The van der Waals surface area contributed by atoms with Gasteiger partial charge in [-0.15, -0.1) is 0 Å². The lowest BCUT2D eigenvalue weighted by molar-refractivity contribution is -0.122. The highest BCUT2D eigenvalue weighted by Gasteiger charge is 2.28. The van der Waals surface area contributed by atoms with Crippen molar-refractivity contribution in [2.45, 2.75) is 19.4 Å². The Morgan fingerprint density at radius 1 is 1.37 bits per heavy atom. The second-order valence-electron chi connectivity index (χ2n) is 4.71. The van der Waals surface area contributed by atoms with Crippen molar-refractivity contribution in [3.63, 3.8) is 0 Å². The number of para-hydroxylation sites is 1. The van der Waals surface area contributed by atoms with Crippen LogP contribution in [0.4, 0.5) is 0 Å². The van der Waals surface area contributed by atoms with E-state index in [2.05, 4.69) is 21.2 Å². The van der Waals surface area contributed by atoms with Crippen LogP contribution in [0.1, 0.15) is 24.4 Å². The van der Waals surface area contributed by atoms with Crippen LogP contribution in [0.3, 0.4) is 0 Å². The van der Waals surface area contributed by atoms with Crippen molar-refractivity contribution >= 4 is 38.7 Å². The summed E-state index contributed by atoms with van der Waals surface area (Å²) >= 11 is 3.34. The molecule has 0 atom stereocenters. The number of rotatable bonds is 3. The quantitative estimate of drug-likeness (QED) is 0.907. The number of benzene rings is 1.